The van der Waals surface area contributed by atoms with Crippen molar-refractivity contribution in [1.82, 2.24) is 14.9 Å². The first kappa shape index (κ1) is 22.2. The number of rotatable bonds is 8. The van der Waals surface area contributed by atoms with E-state index in [2.05, 4.69) is 28.8 Å². The van der Waals surface area contributed by atoms with Crippen LogP contribution in [0.5, 0.6) is 11.5 Å². The molecule has 1 aliphatic heterocycles. The maximum atomic E-state index is 12.3. The second-order valence-electron chi connectivity index (χ2n) is 8.25. The van der Waals surface area contributed by atoms with E-state index in [0.29, 0.717) is 35.9 Å². The van der Waals surface area contributed by atoms with Crippen LogP contribution in [-0.2, 0) is 4.79 Å². The molecular weight excluding hydrogens is 414 g/mol. The molecule has 0 saturated carbocycles. The highest BCUT2D eigenvalue weighted by Crippen LogP contribution is 2.30. The fraction of sp³-hybridized carbons (Fsp3) is 0.231. The second kappa shape index (κ2) is 9.65. The van der Waals surface area contributed by atoms with E-state index >= 15 is 0 Å². The monoisotopic (exact) mass is 441 g/mol. The van der Waals surface area contributed by atoms with E-state index in [0.717, 1.165) is 24.2 Å². The fourth-order valence-corrected chi connectivity index (χ4v) is 4.09. The first-order chi connectivity index (χ1) is 16.0. The predicted octanol–water partition coefficient (Wildman–Crippen LogP) is 4.66. The quantitative estimate of drug-likeness (QED) is 0.392. The number of nitrogens with one attached hydrogen (secondary N) is 2. The van der Waals surface area contributed by atoms with E-state index in [1.807, 2.05) is 59.5 Å². The van der Waals surface area contributed by atoms with Crippen LogP contribution in [0.3, 0.4) is 0 Å². The Morgan fingerprint density at radius 1 is 1.21 bits per heavy atom. The van der Waals surface area contributed by atoms with Gasteiger partial charge in [-0.1, -0.05) is 24.8 Å². The van der Waals surface area contributed by atoms with E-state index in [1.165, 1.54) is 12.4 Å². The molecule has 7 nitrogen and oxygen atoms in total. The summed E-state index contributed by atoms with van der Waals surface area (Å²) in [6.07, 6.45) is 6.29. The van der Waals surface area contributed by atoms with Crippen molar-refractivity contribution >= 4 is 17.4 Å². The number of hydrogen-bond acceptors (Lipinski definition) is 6. The molecular formula is C26H27N5O2. The largest absolute Gasteiger partial charge is 0.457 e. The van der Waals surface area contributed by atoms with Gasteiger partial charge in [-0.15, -0.1) is 0 Å². The highest BCUT2D eigenvalue weighted by molar-refractivity contribution is 6.13. The molecule has 1 fully saturated rings. The average Bonchev–Trinajstić information content (AvgIpc) is 3.25. The van der Waals surface area contributed by atoms with Crippen LogP contribution in [0, 0.1) is 5.41 Å². The van der Waals surface area contributed by atoms with Crippen molar-refractivity contribution in [2.24, 2.45) is 0 Å². The van der Waals surface area contributed by atoms with Gasteiger partial charge in [0.2, 0.25) is 5.91 Å². The first-order valence-corrected chi connectivity index (χ1v) is 10.9. The number of nitrogens with zero attached hydrogens (tertiary/aromatic N) is 3. The van der Waals surface area contributed by atoms with E-state index in [4.69, 9.17) is 10.1 Å². The lowest BCUT2D eigenvalue weighted by molar-refractivity contribution is -0.129. The summed E-state index contributed by atoms with van der Waals surface area (Å²) >= 11 is 0. The van der Waals surface area contributed by atoms with Gasteiger partial charge in [-0.05, 0) is 62.2 Å². The van der Waals surface area contributed by atoms with Crippen LogP contribution < -0.4 is 10.1 Å². The van der Waals surface area contributed by atoms with Crippen molar-refractivity contribution in [3.63, 3.8) is 0 Å². The minimum atomic E-state index is -0.341. The molecule has 2 heterocycles. The zero-order chi connectivity index (χ0) is 23.3. The van der Waals surface area contributed by atoms with Gasteiger partial charge >= 0.3 is 0 Å². The van der Waals surface area contributed by atoms with Crippen molar-refractivity contribution in [1.29, 1.82) is 5.41 Å². The summed E-state index contributed by atoms with van der Waals surface area (Å²) in [6, 6.07) is 16.9. The second-order valence-corrected chi connectivity index (χ2v) is 8.25. The molecule has 0 bridgehead atoms. The molecule has 0 aliphatic carbocycles. The number of hydrogen-bond donors (Lipinski definition) is 2. The number of anilines is 1. The third-order valence-electron chi connectivity index (χ3n) is 5.93. The molecule has 7 heteroatoms. The number of aromatic nitrogens is 2. The number of ether oxygens (including phenoxy) is 1. The Morgan fingerprint density at radius 2 is 1.94 bits per heavy atom. The van der Waals surface area contributed by atoms with E-state index in [9.17, 15) is 4.79 Å². The van der Waals surface area contributed by atoms with Gasteiger partial charge in [-0.2, -0.15) is 0 Å². The van der Waals surface area contributed by atoms with E-state index < -0.39 is 0 Å². The molecule has 1 aliphatic rings. The summed E-state index contributed by atoms with van der Waals surface area (Å²) in [5, 5.41) is 12.1. The highest BCUT2D eigenvalue weighted by atomic mass is 16.5. The summed E-state index contributed by atoms with van der Waals surface area (Å²) in [5.41, 5.74) is 1.28. The Labute approximate surface area is 193 Å². The molecule has 0 radical (unpaired) electrons. The van der Waals surface area contributed by atoms with Crippen molar-refractivity contribution in [3.8, 4) is 11.5 Å². The van der Waals surface area contributed by atoms with Gasteiger partial charge in [0.1, 0.15) is 23.6 Å². The van der Waals surface area contributed by atoms with Crippen LogP contribution in [0.25, 0.3) is 0 Å². The lowest BCUT2D eigenvalue weighted by atomic mass is 9.98. The van der Waals surface area contributed by atoms with Crippen LogP contribution in [0.2, 0.25) is 0 Å². The first-order valence-electron chi connectivity index (χ1n) is 10.9. The van der Waals surface area contributed by atoms with Crippen LogP contribution in [0.15, 0.2) is 79.8 Å². The maximum absolute atomic E-state index is 12.3. The Kier molecular flexibility index (Phi) is 6.49. The number of amides is 1. The summed E-state index contributed by atoms with van der Waals surface area (Å²) in [5.74, 6) is 1.96. The molecule has 0 unspecified atom stereocenters. The SMILES string of the molecule is C=CC(=O)N1CCC[C@]1(C)CNc1ncncc1C(=N)c1ccc(Oc2ccccc2)cc1. The topological polar surface area (TPSA) is 91.2 Å². The molecule has 1 atom stereocenters. The number of benzene rings is 2. The summed E-state index contributed by atoms with van der Waals surface area (Å²) < 4.78 is 5.84. The fourth-order valence-electron chi connectivity index (χ4n) is 4.09. The zero-order valence-electron chi connectivity index (χ0n) is 18.6. The third kappa shape index (κ3) is 4.92. The molecule has 168 valence electrons. The van der Waals surface area contributed by atoms with Gasteiger partial charge in [-0.25, -0.2) is 9.97 Å². The van der Waals surface area contributed by atoms with Crippen LogP contribution >= 0.6 is 0 Å². The van der Waals surface area contributed by atoms with Crippen molar-refractivity contribution < 1.29 is 9.53 Å². The van der Waals surface area contributed by atoms with Crippen molar-refractivity contribution in [3.05, 3.63) is 90.9 Å². The highest BCUT2D eigenvalue weighted by Gasteiger charge is 2.38. The molecule has 1 amide bonds. The van der Waals surface area contributed by atoms with Gasteiger partial charge in [0, 0.05) is 24.8 Å². The van der Waals surface area contributed by atoms with Gasteiger partial charge in [0.25, 0.3) is 0 Å². The summed E-state index contributed by atoms with van der Waals surface area (Å²) in [7, 11) is 0. The lowest BCUT2D eigenvalue weighted by Crippen LogP contribution is -2.49. The van der Waals surface area contributed by atoms with Gasteiger partial charge in [-0.3, -0.25) is 10.2 Å². The van der Waals surface area contributed by atoms with Crippen molar-refractivity contribution in [2.45, 2.75) is 25.3 Å². The normalized spacial score (nSPS) is 17.4. The Morgan fingerprint density at radius 3 is 2.67 bits per heavy atom. The summed E-state index contributed by atoms with van der Waals surface area (Å²) in [4.78, 5) is 22.6. The molecule has 1 aromatic heterocycles. The van der Waals surface area contributed by atoms with Gasteiger partial charge < -0.3 is 15.0 Å². The van der Waals surface area contributed by atoms with E-state index in [-0.39, 0.29) is 11.4 Å². The number of para-hydroxylation sites is 1. The average molecular weight is 442 g/mol. The number of likely N-dealkylation sites (tertiary alicyclic amines) is 1. The maximum Gasteiger partial charge on any atom is 0.246 e. The summed E-state index contributed by atoms with van der Waals surface area (Å²) in [6.45, 7) is 6.92. The molecule has 0 spiro atoms. The molecule has 1 saturated heterocycles. The van der Waals surface area contributed by atoms with Crippen LogP contribution in [-0.4, -0.2) is 45.1 Å². The molecule has 2 N–H and O–H groups in total. The minimum absolute atomic E-state index is 0.0646. The molecule has 3 aromatic rings. The number of carbonyl (C=O) groups excluding carboxylic acids is 1. The Balaban J connectivity index is 1.48. The predicted molar refractivity (Wildman–Crippen MR) is 129 cm³/mol. The number of carbonyl (C=O) groups is 1. The van der Waals surface area contributed by atoms with E-state index in [1.54, 1.807) is 6.20 Å². The molecule has 4 rings (SSSR count). The Bertz CT molecular complexity index is 1150. The third-order valence-corrected chi connectivity index (χ3v) is 5.93. The van der Waals surface area contributed by atoms with Crippen molar-refractivity contribution in [2.75, 3.05) is 18.4 Å². The molecule has 33 heavy (non-hydrogen) atoms. The van der Waals surface area contributed by atoms with Crippen LogP contribution in [0.1, 0.15) is 30.9 Å². The van der Waals surface area contributed by atoms with Crippen LogP contribution in [0.4, 0.5) is 5.82 Å². The smallest absolute Gasteiger partial charge is 0.246 e. The standard InChI is InChI=1S/C26H27N5O2/c1-3-23(32)31-15-7-14-26(31,2)17-29-25-22(16-28-18-30-25)24(27)19-10-12-21(13-11-19)33-20-8-5-4-6-9-20/h3-6,8-13,16,18,27H,1,7,14-15,17H2,2H3,(H,28,29,30)/t26-/m1/s1. The van der Waals surface area contributed by atoms with Gasteiger partial charge in [0.05, 0.1) is 16.8 Å². The molecule has 2 aromatic carbocycles. The zero-order valence-corrected chi connectivity index (χ0v) is 18.6. The lowest BCUT2D eigenvalue weighted by Gasteiger charge is -2.35. The minimum Gasteiger partial charge on any atom is -0.457 e. The van der Waals surface area contributed by atoms with Gasteiger partial charge in [0.15, 0.2) is 0 Å². The Hall–Kier alpha value is -4.00.